The van der Waals surface area contributed by atoms with Gasteiger partial charge < -0.3 is 5.73 Å². The van der Waals surface area contributed by atoms with Crippen LogP contribution in [0.25, 0.3) is 0 Å². The molecule has 1 aromatic heterocycles. The second kappa shape index (κ2) is 5.96. The van der Waals surface area contributed by atoms with Crippen LogP contribution in [0.4, 0.5) is 0 Å². The Morgan fingerprint density at radius 1 is 1.38 bits per heavy atom. The zero-order valence-corrected chi connectivity index (χ0v) is 10.3. The van der Waals surface area contributed by atoms with Crippen LogP contribution in [0.2, 0.25) is 0 Å². The van der Waals surface area contributed by atoms with Crippen LogP contribution in [0.1, 0.15) is 18.9 Å². The third-order valence-corrected chi connectivity index (χ3v) is 4.21. The van der Waals surface area contributed by atoms with Crippen LogP contribution >= 0.6 is 0 Å². The van der Waals surface area contributed by atoms with Crippen LogP contribution in [-0.4, -0.2) is 30.9 Å². The molecule has 1 rings (SSSR count). The lowest BCUT2D eigenvalue weighted by atomic mass is 10.2. The van der Waals surface area contributed by atoms with Gasteiger partial charge >= 0.3 is 0 Å². The number of aromatic nitrogens is 1. The van der Waals surface area contributed by atoms with Crippen molar-refractivity contribution in [2.45, 2.75) is 25.8 Å². The van der Waals surface area contributed by atoms with Crippen LogP contribution in [0.15, 0.2) is 24.5 Å². The van der Waals surface area contributed by atoms with Gasteiger partial charge in [-0.1, -0.05) is 6.92 Å². The molecule has 0 bridgehead atoms. The number of hydrogen-bond acceptors (Lipinski definition) is 4. The highest BCUT2D eigenvalue weighted by molar-refractivity contribution is 7.91. The molecule has 1 aromatic rings. The summed E-state index contributed by atoms with van der Waals surface area (Å²) in [4.78, 5) is 3.88. The highest BCUT2D eigenvalue weighted by Crippen LogP contribution is 2.03. The van der Waals surface area contributed by atoms with E-state index < -0.39 is 9.84 Å². The summed E-state index contributed by atoms with van der Waals surface area (Å²) >= 11 is 0. The van der Waals surface area contributed by atoms with Gasteiger partial charge in [-0.15, -0.1) is 0 Å². The van der Waals surface area contributed by atoms with Crippen molar-refractivity contribution in [1.29, 1.82) is 0 Å². The third kappa shape index (κ3) is 4.72. The number of nitrogens with zero attached hydrogens (tertiary/aromatic N) is 1. The Morgan fingerprint density at radius 3 is 2.56 bits per heavy atom. The summed E-state index contributed by atoms with van der Waals surface area (Å²) in [5, 5.41) is 0. The lowest BCUT2D eigenvalue weighted by Gasteiger charge is -2.09. The molecule has 0 spiro atoms. The maximum atomic E-state index is 11.7. The second-order valence-electron chi connectivity index (χ2n) is 3.89. The molecular formula is C11H18N2O2S. The van der Waals surface area contributed by atoms with Gasteiger partial charge in [-0.3, -0.25) is 4.98 Å². The molecule has 0 aliphatic rings. The van der Waals surface area contributed by atoms with Crippen molar-refractivity contribution in [2.75, 3.05) is 11.5 Å². The zero-order valence-electron chi connectivity index (χ0n) is 9.46. The highest BCUT2D eigenvalue weighted by Gasteiger charge is 2.14. The number of hydrogen-bond donors (Lipinski definition) is 1. The van der Waals surface area contributed by atoms with Crippen molar-refractivity contribution in [3.05, 3.63) is 30.1 Å². The van der Waals surface area contributed by atoms with E-state index in [-0.39, 0.29) is 17.5 Å². The Bertz CT molecular complexity index is 403. The smallest absolute Gasteiger partial charge is 0.152 e. The first kappa shape index (κ1) is 13.1. The number of nitrogens with two attached hydrogens (primary N) is 1. The van der Waals surface area contributed by atoms with E-state index in [2.05, 4.69) is 4.98 Å². The maximum Gasteiger partial charge on any atom is 0.152 e. The minimum Gasteiger partial charge on any atom is -0.327 e. The Hall–Kier alpha value is -0.940. The molecule has 0 aliphatic heterocycles. The fraction of sp³-hybridized carbons (Fsp3) is 0.545. The van der Waals surface area contributed by atoms with Crippen LogP contribution in [-0.2, 0) is 16.3 Å². The maximum absolute atomic E-state index is 11.7. The van der Waals surface area contributed by atoms with Crippen LogP contribution in [0.5, 0.6) is 0 Å². The molecule has 2 N–H and O–H groups in total. The predicted molar refractivity (Wildman–Crippen MR) is 64.9 cm³/mol. The minimum absolute atomic E-state index is 0.0780. The molecule has 4 nitrogen and oxygen atoms in total. The average molecular weight is 242 g/mol. The Balaban J connectivity index is 2.49. The van der Waals surface area contributed by atoms with Gasteiger partial charge in [0.25, 0.3) is 0 Å². The standard InChI is InChI=1S/C11H18N2O2S/c1-2-11(12)9-16(14,15)8-5-10-3-6-13-7-4-10/h3-4,6-7,11H,2,5,8-9,12H2,1H3. The van der Waals surface area contributed by atoms with Gasteiger partial charge in [-0.05, 0) is 30.5 Å². The summed E-state index contributed by atoms with van der Waals surface area (Å²) < 4.78 is 23.4. The lowest BCUT2D eigenvalue weighted by molar-refractivity contribution is 0.583. The van der Waals surface area contributed by atoms with Gasteiger partial charge in [0.2, 0.25) is 0 Å². The number of aryl methyl sites for hydroxylation is 1. The van der Waals surface area contributed by atoms with Gasteiger partial charge in [0.1, 0.15) is 0 Å². The van der Waals surface area contributed by atoms with Crippen molar-refractivity contribution < 1.29 is 8.42 Å². The number of rotatable bonds is 6. The van der Waals surface area contributed by atoms with Crippen molar-refractivity contribution in [3.8, 4) is 0 Å². The summed E-state index contributed by atoms with van der Waals surface area (Å²) in [7, 11) is -3.04. The Labute approximate surface area is 96.8 Å². The second-order valence-corrected chi connectivity index (χ2v) is 6.12. The van der Waals surface area contributed by atoms with Gasteiger partial charge in [0, 0.05) is 18.4 Å². The molecule has 1 heterocycles. The normalized spacial score (nSPS) is 13.6. The average Bonchev–Trinajstić information content (AvgIpc) is 2.27. The molecule has 1 atom stereocenters. The van der Waals surface area contributed by atoms with E-state index in [0.29, 0.717) is 12.8 Å². The summed E-state index contributed by atoms with van der Waals surface area (Å²) in [5.74, 6) is 0.235. The van der Waals surface area contributed by atoms with E-state index >= 15 is 0 Å². The molecule has 90 valence electrons. The molecule has 5 heteroatoms. The first-order valence-electron chi connectivity index (χ1n) is 5.38. The molecule has 0 amide bonds. The molecule has 0 radical (unpaired) electrons. The lowest BCUT2D eigenvalue weighted by Crippen LogP contribution is -2.30. The number of pyridine rings is 1. The first-order valence-corrected chi connectivity index (χ1v) is 7.20. The molecule has 0 aliphatic carbocycles. The Morgan fingerprint density at radius 2 is 2.00 bits per heavy atom. The minimum atomic E-state index is -3.04. The quantitative estimate of drug-likeness (QED) is 0.800. The molecule has 0 fully saturated rings. The zero-order chi connectivity index (χ0) is 12.0. The largest absolute Gasteiger partial charge is 0.327 e. The highest BCUT2D eigenvalue weighted by atomic mass is 32.2. The molecule has 0 aromatic carbocycles. The van der Waals surface area contributed by atoms with Crippen LogP contribution in [0, 0.1) is 0 Å². The van der Waals surface area contributed by atoms with Crippen molar-refractivity contribution in [2.24, 2.45) is 5.73 Å². The Kier molecular flexibility index (Phi) is 4.89. The topological polar surface area (TPSA) is 73.1 Å². The van der Waals surface area contributed by atoms with E-state index in [0.717, 1.165) is 5.56 Å². The van der Waals surface area contributed by atoms with Crippen molar-refractivity contribution in [1.82, 2.24) is 4.98 Å². The van der Waals surface area contributed by atoms with E-state index in [4.69, 9.17) is 5.73 Å². The monoisotopic (exact) mass is 242 g/mol. The SMILES string of the molecule is CCC(N)CS(=O)(=O)CCc1ccncc1. The van der Waals surface area contributed by atoms with Crippen LogP contribution < -0.4 is 5.73 Å². The summed E-state index contributed by atoms with van der Waals surface area (Å²) in [6.45, 7) is 1.89. The van der Waals surface area contributed by atoms with E-state index in [1.165, 1.54) is 0 Å². The van der Waals surface area contributed by atoms with Gasteiger partial charge in [0.15, 0.2) is 9.84 Å². The van der Waals surface area contributed by atoms with E-state index in [9.17, 15) is 8.42 Å². The van der Waals surface area contributed by atoms with Gasteiger partial charge in [0.05, 0.1) is 11.5 Å². The number of sulfone groups is 1. The van der Waals surface area contributed by atoms with Gasteiger partial charge in [-0.2, -0.15) is 0 Å². The van der Waals surface area contributed by atoms with E-state index in [1.54, 1.807) is 12.4 Å². The summed E-state index contributed by atoms with van der Waals surface area (Å²) in [6.07, 6.45) is 4.55. The molecule has 16 heavy (non-hydrogen) atoms. The summed E-state index contributed by atoms with van der Waals surface area (Å²) in [5.41, 5.74) is 6.63. The molecular weight excluding hydrogens is 224 g/mol. The third-order valence-electron chi connectivity index (χ3n) is 2.44. The summed E-state index contributed by atoms with van der Waals surface area (Å²) in [6, 6.07) is 3.41. The van der Waals surface area contributed by atoms with Crippen molar-refractivity contribution in [3.63, 3.8) is 0 Å². The fourth-order valence-electron chi connectivity index (χ4n) is 1.35. The van der Waals surface area contributed by atoms with Gasteiger partial charge in [-0.25, -0.2) is 8.42 Å². The first-order chi connectivity index (χ1) is 7.53. The van der Waals surface area contributed by atoms with E-state index in [1.807, 2.05) is 19.1 Å². The predicted octanol–water partition coefficient (Wildman–Crippen LogP) is 0.776. The fourth-order valence-corrected chi connectivity index (χ4v) is 2.95. The molecule has 0 saturated carbocycles. The molecule has 0 saturated heterocycles. The molecule has 1 unspecified atom stereocenters. The van der Waals surface area contributed by atoms with Crippen LogP contribution in [0.3, 0.4) is 0 Å². The van der Waals surface area contributed by atoms with Crippen molar-refractivity contribution >= 4 is 9.84 Å².